The average Bonchev–Trinajstić information content (AvgIpc) is 3.48. The van der Waals surface area contributed by atoms with Crippen molar-refractivity contribution in [3.05, 3.63) is 70.7 Å². The fraction of sp³-hybridized carbons (Fsp3) is 0. The van der Waals surface area contributed by atoms with Gasteiger partial charge in [0.2, 0.25) is 0 Å². The predicted molar refractivity (Wildman–Crippen MR) is 112 cm³/mol. The summed E-state index contributed by atoms with van der Waals surface area (Å²) < 4.78 is 25.0. The molecule has 5 nitrogen and oxygen atoms in total. The van der Waals surface area contributed by atoms with E-state index in [9.17, 15) is 9.18 Å². The Hall–Kier alpha value is -2.94. The van der Waals surface area contributed by atoms with Crippen molar-refractivity contribution in [3.8, 4) is 22.1 Å². The number of furan rings is 2. The molecule has 0 saturated carbocycles. The highest BCUT2D eigenvalue weighted by atomic mass is 35.5. The van der Waals surface area contributed by atoms with Crippen LogP contribution in [0.2, 0.25) is 5.02 Å². The van der Waals surface area contributed by atoms with Gasteiger partial charge in [-0.05, 0) is 42.5 Å². The molecule has 1 amide bonds. The largest absolute Gasteiger partial charge is 0.463 e. The summed E-state index contributed by atoms with van der Waals surface area (Å²) in [4.78, 5) is 18.3. The summed E-state index contributed by atoms with van der Waals surface area (Å²) in [6.07, 6.45) is 3.12. The van der Waals surface area contributed by atoms with Gasteiger partial charge in [0, 0.05) is 10.1 Å². The summed E-state index contributed by atoms with van der Waals surface area (Å²) in [7, 11) is 0. The van der Waals surface area contributed by atoms with Gasteiger partial charge in [0.15, 0.2) is 10.9 Å². The van der Waals surface area contributed by atoms with Crippen molar-refractivity contribution in [1.82, 2.24) is 4.98 Å². The van der Waals surface area contributed by atoms with Crippen LogP contribution in [-0.4, -0.2) is 10.9 Å². The molecular weight excluding hydrogens is 435 g/mol. The van der Waals surface area contributed by atoms with E-state index in [0.717, 1.165) is 16.2 Å². The van der Waals surface area contributed by atoms with Crippen LogP contribution in [0.25, 0.3) is 32.2 Å². The van der Waals surface area contributed by atoms with Gasteiger partial charge in [-0.3, -0.25) is 10.1 Å². The molecule has 0 saturated heterocycles. The van der Waals surface area contributed by atoms with E-state index in [0.29, 0.717) is 37.3 Å². The molecule has 144 valence electrons. The zero-order valence-corrected chi connectivity index (χ0v) is 16.8. The Balaban J connectivity index is 1.52. The van der Waals surface area contributed by atoms with E-state index in [4.69, 9.17) is 20.4 Å². The molecule has 0 radical (unpaired) electrons. The minimum atomic E-state index is -0.414. The number of hydrogen-bond donors (Lipinski definition) is 1. The number of nitrogens with one attached hydrogen (secondary N) is 1. The van der Waals surface area contributed by atoms with Crippen molar-refractivity contribution in [2.24, 2.45) is 0 Å². The van der Waals surface area contributed by atoms with Crippen LogP contribution < -0.4 is 5.32 Å². The van der Waals surface area contributed by atoms with Gasteiger partial charge >= 0.3 is 0 Å². The molecule has 0 unspecified atom stereocenters. The van der Waals surface area contributed by atoms with Crippen molar-refractivity contribution in [2.45, 2.75) is 0 Å². The number of halogens is 2. The van der Waals surface area contributed by atoms with E-state index in [1.54, 1.807) is 36.8 Å². The lowest BCUT2D eigenvalue weighted by Gasteiger charge is -1.99. The van der Waals surface area contributed by atoms with Crippen LogP contribution in [0.3, 0.4) is 0 Å². The molecule has 1 aromatic carbocycles. The number of hydrogen-bond acceptors (Lipinski definition) is 6. The summed E-state index contributed by atoms with van der Waals surface area (Å²) in [6.45, 7) is 0. The zero-order chi connectivity index (χ0) is 20.0. The number of thiazole rings is 1. The van der Waals surface area contributed by atoms with Crippen LogP contribution in [-0.2, 0) is 0 Å². The monoisotopic (exact) mass is 444 g/mol. The van der Waals surface area contributed by atoms with Gasteiger partial charge in [0.25, 0.3) is 5.91 Å². The molecular formula is C20H10ClFN2O3S2. The topological polar surface area (TPSA) is 68.3 Å². The molecule has 5 aromatic rings. The van der Waals surface area contributed by atoms with E-state index in [2.05, 4.69) is 10.3 Å². The minimum Gasteiger partial charge on any atom is -0.463 e. The van der Waals surface area contributed by atoms with Gasteiger partial charge in [0.05, 0.1) is 17.5 Å². The fourth-order valence-corrected chi connectivity index (χ4v) is 5.24. The van der Waals surface area contributed by atoms with Crippen LogP contribution in [0.15, 0.2) is 63.8 Å². The lowest BCUT2D eigenvalue weighted by Crippen LogP contribution is -2.10. The van der Waals surface area contributed by atoms with Crippen molar-refractivity contribution >= 4 is 55.4 Å². The number of carbonyl (C=O) groups excluding carboxylic acids is 1. The zero-order valence-electron chi connectivity index (χ0n) is 14.4. The number of benzene rings is 1. The molecule has 0 aliphatic carbocycles. The molecule has 0 fully saturated rings. The number of thiophene rings is 1. The van der Waals surface area contributed by atoms with Crippen molar-refractivity contribution in [3.63, 3.8) is 0 Å². The Morgan fingerprint density at radius 2 is 1.83 bits per heavy atom. The second-order valence-electron chi connectivity index (χ2n) is 5.99. The molecule has 0 aliphatic rings. The first-order valence-electron chi connectivity index (χ1n) is 8.37. The highest BCUT2D eigenvalue weighted by Crippen LogP contribution is 2.40. The molecule has 0 atom stereocenters. The Kier molecular flexibility index (Phi) is 4.46. The van der Waals surface area contributed by atoms with Gasteiger partial charge < -0.3 is 8.83 Å². The number of amides is 1. The number of anilines is 1. The van der Waals surface area contributed by atoms with E-state index in [1.807, 2.05) is 6.07 Å². The molecule has 0 aliphatic heterocycles. The summed E-state index contributed by atoms with van der Waals surface area (Å²) >= 11 is 8.74. The van der Waals surface area contributed by atoms with Crippen LogP contribution in [0, 0.1) is 5.82 Å². The normalized spacial score (nSPS) is 11.2. The Morgan fingerprint density at radius 1 is 1.07 bits per heavy atom. The third-order valence-electron chi connectivity index (χ3n) is 4.14. The average molecular weight is 445 g/mol. The van der Waals surface area contributed by atoms with Crippen molar-refractivity contribution in [1.29, 1.82) is 0 Å². The van der Waals surface area contributed by atoms with E-state index < -0.39 is 5.91 Å². The highest BCUT2D eigenvalue weighted by Gasteiger charge is 2.22. The SMILES string of the molecule is O=C(Nc1nc(-c2ccco2)c(-c2ccco2)s1)c1sc2cc(F)ccc2c1Cl. The molecule has 4 aromatic heterocycles. The lowest BCUT2D eigenvalue weighted by atomic mass is 10.2. The van der Waals surface area contributed by atoms with E-state index in [1.165, 1.54) is 23.5 Å². The van der Waals surface area contributed by atoms with Crippen molar-refractivity contribution in [2.75, 3.05) is 5.32 Å². The Bertz CT molecular complexity index is 1270. The molecule has 4 heterocycles. The third kappa shape index (κ3) is 3.25. The summed E-state index contributed by atoms with van der Waals surface area (Å²) in [5.74, 6) is 0.379. The predicted octanol–water partition coefficient (Wildman–Crippen LogP) is 6.92. The van der Waals surface area contributed by atoms with Gasteiger partial charge in [-0.1, -0.05) is 22.9 Å². The fourth-order valence-electron chi connectivity index (χ4n) is 2.87. The molecule has 29 heavy (non-hydrogen) atoms. The first-order valence-corrected chi connectivity index (χ1v) is 10.4. The smallest absolute Gasteiger partial charge is 0.269 e. The second kappa shape index (κ2) is 7.14. The Morgan fingerprint density at radius 3 is 2.55 bits per heavy atom. The summed E-state index contributed by atoms with van der Waals surface area (Å²) in [5.41, 5.74) is 0.565. The van der Waals surface area contributed by atoms with Gasteiger partial charge in [0.1, 0.15) is 27.0 Å². The summed E-state index contributed by atoms with van der Waals surface area (Å²) in [6, 6.07) is 11.4. The molecule has 0 bridgehead atoms. The van der Waals surface area contributed by atoms with Gasteiger partial charge in [-0.15, -0.1) is 11.3 Å². The standard InChI is InChI=1S/C20H10ClFN2O3S2/c21-15-11-6-5-10(22)9-14(11)28-18(15)19(25)24-20-23-16(12-3-1-7-26-12)17(29-20)13-4-2-8-27-13/h1-9H,(H,23,24,25). The molecule has 5 rings (SSSR count). The maximum Gasteiger partial charge on any atom is 0.269 e. The minimum absolute atomic E-state index is 0.288. The molecule has 9 heteroatoms. The van der Waals surface area contributed by atoms with E-state index in [-0.39, 0.29) is 10.8 Å². The quantitative estimate of drug-likeness (QED) is 0.326. The van der Waals surface area contributed by atoms with Crippen LogP contribution in [0.4, 0.5) is 9.52 Å². The first kappa shape index (κ1) is 18.1. The second-order valence-corrected chi connectivity index (χ2v) is 8.42. The van der Waals surface area contributed by atoms with Crippen LogP contribution in [0.5, 0.6) is 0 Å². The number of nitrogens with zero attached hydrogens (tertiary/aromatic N) is 1. The van der Waals surface area contributed by atoms with E-state index >= 15 is 0 Å². The molecule has 0 spiro atoms. The number of rotatable bonds is 4. The van der Waals surface area contributed by atoms with Crippen LogP contribution in [0.1, 0.15) is 9.67 Å². The number of fused-ring (bicyclic) bond motifs is 1. The van der Waals surface area contributed by atoms with Crippen molar-refractivity contribution < 1.29 is 18.0 Å². The Labute approximate surface area is 176 Å². The van der Waals surface area contributed by atoms with Crippen LogP contribution >= 0.6 is 34.3 Å². The first-order chi connectivity index (χ1) is 14.1. The van der Waals surface area contributed by atoms with Gasteiger partial charge in [-0.2, -0.15) is 0 Å². The maximum absolute atomic E-state index is 13.5. The van der Waals surface area contributed by atoms with Gasteiger partial charge in [-0.25, -0.2) is 9.37 Å². The number of aromatic nitrogens is 1. The maximum atomic E-state index is 13.5. The summed E-state index contributed by atoms with van der Waals surface area (Å²) in [5, 5.41) is 4.07. The third-order valence-corrected chi connectivity index (χ3v) is 6.79. The highest BCUT2D eigenvalue weighted by molar-refractivity contribution is 7.22. The molecule has 1 N–H and O–H groups in total. The lowest BCUT2D eigenvalue weighted by molar-refractivity contribution is 0.103. The number of carbonyl (C=O) groups is 1.